The number of nitrogens with zero attached hydrogens (tertiary/aromatic N) is 1. The molecule has 0 bridgehead atoms. The third-order valence-electron chi connectivity index (χ3n) is 12.6. The number of aryl methyl sites for hydroxylation is 1. The summed E-state index contributed by atoms with van der Waals surface area (Å²) in [5.41, 5.74) is -10.8. The quantitative estimate of drug-likeness (QED) is 0.156. The van der Waals surface area contributed by atoms with Crippen molar-refractivity contribution in [1.29, 1.82) is 0 Å². The van der Waals surface area contributed by atoms with Gasteiger partial charge in [-0.05, 0) is 134 Å². The predicted molar refractivity (Wildman–Crippen MR) is 233 cm³/mol. The van der Waals surface area contributed by atoms with Crippen molar-refractivity contribution in [3.63, 3.8) is 0 Å². The molecule has 0 aliphatic heterocycles. The molecule has 2 aliphatic rings. The molecule has 0 aromatic heterocycles. The topological polar surface area (TPSA) is 3.24 Å². The van der Waals surface area contributed by atoms with Gasteiger partial charge < -0.3 is 4.90 Å². The Morgan fingerprint density at radius 1 is 0.343 bits per heavy atom. The largest absolute Gasteiger partial charge is 0.417 e. The highest BCUT2D eigenvalue weighted by atomic mass is 19.4. The highest BCUT2D eigenvalue weighted by Gasteiger charge is 2.59. The SMILES string of the molecule is Cc1cc(-c2ccc(C(F)(F)F)c3c2C2(c4cccc(C(F)(F)F)c4-c4c(C(F)(F)F)cccc42)c2cccc(C(F)(F)F)c2-3)cc(N(c2ccccc2)c2ccc(-c3ccccc3)cc2)c1. The first kappa shape index (κ1) is 43.6. The van der Waals surface area contributed by atoms with Crippen LogP contribution in [0.4, 0.5) is 69.7 Å². The molecule has 0 saturated carbocycles. The van der Waals surface area contributed by atoms with Gasteiger partial charge in [0.2, 0.25) is 0 Å². The Bertz CT molecular complexity index is 3150. The van der Waals surface area contributed by atoms with E-state index in [4.69, 9.17) is 0 Å². The van der Waals surface area contributed by atoms with Gasteiger partial charge in [-0.3, -0.25) is 0 Å². The Kier molecular flexibility index (Phi) is 9.85. The van der Waals surface area contributed by atoms with Crippen molar-refractivity contribution < 1.29 is 52.7 Å². The van der Waals surface area contributed by atoms with Crippen LogP contribution in [0.1, 0.15) is 50.1 Å². The van der Waals surface area contributed by atoms with E-state index in [1.807, 2.05) is 71.6 Å². The van der Waals surface area contributed by atoms with Crippen molar-refractivity contribution in [2.45, 2.75) is 37.0 Å². The zero-order chi connectivity index (χ0) is 47.4. The van der Waals surface area contributed by atoms with Crippen molar-refractivity contribution >= 4 is 17.1 Å². The van der Waals surface area contributed by atoms with Gasteiger partial charge in [0.15, 0.2) is 0 Å². The molecule has 0 radical (unpaired) electrons. The minimum Gasteiger partial charge on any atom is -0.310 e. The number of benzene rings is 8. The summed E-state index contributed by atoms with van der Waals surface area (Å²) in [6, 6.07) is 40.3. The molecule has 336 valence electrons. The molecule has 0 heterocycles. The number of anilines is 3. The maximum absolute atomic E-state index is 15.6. The summed E-state index contributed by atoms with van der Waals surface area (Å²) in [6.45, 7) is 1.69. The molecule has 0 N–H and O–H groups in total. The van der Waals surface area contributed by atoms with E-state index in [1.54, 1.807) is 43.3 Å². The van der Waals surface area contributed by atoms with Gasteiger partial charge in [-0.25, -0.2) is 0 Å². The third-order valence-corrected chi connectivity index (χ3v) is 12.6. The van der Waals surface area contributed by atoms with E-state index < -0.39 is 96.9 Å². The van der Waals surface area contributed by atoms with Crippen molar-refractivity contribution in [3.8, 4) is 44.5 Å². The highest BCUT2D eigenvalue weighted by Crippen LogP contribution is 2.69. The Labute approximate surface area is 375 Å². The van der Waals surface area contributed by atoms with Crippen LogP contribution >= 0.6 is 0 Å². The molecule has 1 nitrogen and oxygen atoms in total. The molecule has 2 aliphatic carbocycles. The van der Waals surface area contributed by atoms with E-state index in [-0.39, 0.29) is 11.1 Å². The molecule has 13 heteroatoms. The Morgan fingerprint density at radius 3 is 1.24 bits per heavy atom. The number of halogens is 12. The van der Waals surface area contributed by atoms with E-state index >= 15 is 52.7 Å². The fourth-order valence-corrected chi connectivity index (χ4v) is 10.2. The lowest BCUT2D eigenvalue weighted by Crippen LogP contribution is -2.27. The second kappa shape index (κ2) is 15.1. The number of hydrogen-bond donors (Lipinski definition) is 0. The highest BCUT2D eigenvalue weighted by molar-refractivity contribution is 6.02. The van der Waals surface area contributed by atoms with Crippen LogP contribution in [0.3, 0.4) is 0 Å². The zero-order valence-electron chi connectivity index (χ0n) is 34.6. The number of para-hydroxylation sites is 1. The maximum atomic E-state index is 15.6. The standard InChI is InChI=1S/C54H31F12N/c1-30-27-33(29-36(28-30)67(34-13-6-3-7-14-34)35-23-21-32(22-24-35)31-11-4-2-5-12-31)37-25-26-44(54(64,65)66)48-47-40(17-10-20-43(47)53(61,62)63)50(49(37)48)38-15-8-18-41(51(55,56)57)45(38)46-39(50)16-9-19-42(46)52(58,59)60/h2-29H,1H3. The van der Waals surface area contributed by atoms with E-state index in [1.165, 1.54) is 0 Å². The number of hydrogen-bond acceptors (Lipinski definition) is 1. The van der Waals surface area contributed by atoms with Crippen LogP contribution in [0.25, 0.3) is 44.5 Å². The molecular weight excluding hydrogens is 891 g/mol. The zero-order valence-corrected chi connectivity index (χ0v) is 34.6. The number of alkyl halides is 12. The molecule has 0 atom stereocenters. The lowest BCUT2D eigenvalue weighted by Gasteiger charge is -2.33. The molecule has 8 aromatic rings. The molecule has 67 heavy (non-hydrogen) atoms. The second-order valence-corrected chi connectivity index (χ2v) is 16.5. The molecule has 0 saturated heterocycles. The molecule has 0 amide bonds. The lowest BCUT2D eigenvalue weighted by molar-refractivity contribution is -0.139. The van der Waals surface area contributed by atoms with Crippen LogP contribution in [0.2, 0.25) is 0 Å². The average molecular weight is 922 g/mol. The molecular formula is C54H31F12N. The fraction of sp³-hybridized carbons (Fsp3) is 0.111. The predicted octanol–water partition coefficient (Wildman–Crippen LogP) is 17.2. The summed E-state index contributed by atoms with van der Waals surface area (Å²) in [6.07, 6.45) is -21.3. The Hall–Kier alpha value is -7.28. The summed E-state index contributed by atoms with van der Waals surface area (Å²) < 4.78 is 184. The summed E-state index contributed by atoms with van der Waals surface area (Å²) >= 11 is 0. The van der Waals surface area contributed by atoms with Gasteiger partial charge in [-0.2, -0.15) is 52.7 Å². The first-order valence-corrected chi connectivity index (χ1v) is 20.7. The minimum atomic E-state index is -5.36. The molecule has 1 spiro atoms. The van der Waals surface area contributed by atoms with Crippen LogP contribution in [0.5, 0.6) is 0 Å². The van der Waals surface area contributed by atoms with Gasteiger partial charge in [0, 0.05) is 22.6 Å². The van der Waals surface area contributed by atoms with Gasteiger partial charge in [0.1, 0.15) is 0 Å². The van der Waals surface area contributed by atoms with E-state index in [0.29, 0.717) is 46.9 Å². The Balaban J connectivity index is 1.34. The van der Waals surface area contributed by atoms with Crippen molar-refractivity contribution in [1.82, 2.24) is 0 Å². The van der Waals surface area contributed by atoms with E-state index in [2.05, 4.69) is 0 Å². The minimum absolute atomic E-state index is 0.136. The average Bonchev–Trinajstić information content (AvgIpc) is 3.76. The van der Waals surface area contributed by atoms with E-state index in [9.17, 15) is 0 Å². The van der Waals surface area contributed by atoms with Crippen molar-refractivity contribution in [3.05, 3.63) is 220 Å². The normalized spacial score (nSPS) is 13.9. The smallest absolute Gasteiger partial charge is 0.310 e. The third kappa shape index (κ3) is 6.88. The van der Waals surface area contributed by atoms with Gasteiger partial charge in [-0.15, -0.1) is 0 Å². The van der Waals surface area contributed by atoms with Crippen LogP contribution in [0, 0.1) is 6.92 Å². The van der Waals surface area contributed by atoms with Crippen LogP contribution in [0.15, 0.2) is 170 Å². The van der Waals surface area contributed by atoms with Crippen LogP contribution in [-0.4, -0.2) is 0 Å². The first-order chi connectivity index (χ1) is 31.7. The first-order valence-electron chi connectivity index (χ1n) is 20.7. The summed E-state index contributed by atoms with van der Waals surface area (Å²) in [7, 11) is 0. The molecule has 8 aromatic carbocycles. The lowest BCUT2D eigenvalue weighted by atomic mass is 9.68. The van der Waals surface area contributed by atoms with Gasteiger partial charge in [0.25, 0.3) is 0 Å². The molecule has 0 unspecified atom stereocenters. The van der Waals surface area contributed by atoms with Crippen molar-refractivity contribution in [2.24, 2.45) is 0 Å². The number of fused-ring (bicyclic) bond motifs is 10. The maximum Gasteiger partial charge on any atom is 0.417 e. The molecule has 10 rings (SSSR count). The Morgan fingerprint density at radius 2 is 0.761 bits per heavy atom. The van der Waals surface area contributed by atoms with Gasteiger partial charge in [-0.1, -0.05) is 109 Å². The van der Waals surface area contributed by atoms with Gasteiger partial charge in [0.05, 0.1) is 27.7 Å². The molecule has 0 fully saturated rings. The van der Waals surface area contributed by atoms with Gasteiger partial charge >= 0.3 is 24.7 Å². The summed E-state index contributed by atoms with van der Waals surface area (Å²) in [4.78, 5) is 1.85. The number of rotatable bonds is 5. The second-order valence-electron chi connectivity index (χ2n) is 16.5. The summed E-state index contributed by atoms with van der Waals surface area (Å²) in [5, 5.41) is 0. The summed E-state index contributed by atoms with van der Waals surface area (Å²) in [5.74, 6) is 0. The van der Waals surface area contributed by atoms with Crippen LogP contribution < -0.4 is 4.90 Å². The van der Waals surface area contributed by atoms with E-state index in [0.717, 1.165) is 53.6 Å². The van der Waals surface area contributed by atoms with Crippen LogP contribution in [-0.2, 0) is 30.1 Å². The van der Waals surface area contributed by atoms with Crippen molar-refractivity contribution in [2.75, 3.05) is 4.90 Å². The fourth-order valence-electron chi connectivity index (χ4n) is 10.2. The monoisotopic (exact) mass is 921 g/mol.